The Bertz CT molecular complexity index is 1250. The molecule has 178 valence electrons. The third kappa shape index (κ3) is 5.53. The Morgan fingerprint density at radius 1 is 0.886 bits per heavy atom. The van der Waals surface area contributed by atoms with E-state index in [0.29, 0.717) is 35.0 Å². The number of amides is 2. The summed E-state index contributed by atoms with van der Waals surface area (Å²) in [5, 5.41) is 2.71. The number of para-hydroxylation sites is 1. The number of halogens is 1. The van der Waals surface area contributed by atoms with Crippen molar-refractivity contribution < 1.29 is 23.9 Å². The lowest BCUT2D eigenvalue weighted by Gasteiger charge is -2.15. The topological polar surface area (TPSA) is 84.9 Å². The van der Waals surface area contributed by atoms with Crippen molar-refractivity contribution in [3.05, 3.63) is 95.2 Å². The second-order valence-corrected chi connectivity index (χ2v) is 8.11. The predicted molar refractivity (Wildman–Crippen MR) is 134 cm³/mol. The number of benzene rings is 3. The maximum absolute atomic E-state index is 13.0. The molecule has 1 aliphatic rings. The molecule has 8 heteroatoms. The maximum Gasteiger partial charge on any atom is 0.338 e. The molecule has 0 radical (unpaired) electrons. The van der Waals surface area contributed by atoms with E-state index in [0.717, 1.165) is 17.7 Å². The quantitative estimate of drug-likeness (QED) is 0.229. The average molecular weight is 491 g/mol. The van der Waals surface area contributed by atoms with Gasteiger partial charge in [0.05, 0.1) is 17.9 Å². The molecule has 0 fully saturated rings. The third-order valence-electron chi connectivity index (χ3n) is 5.22. The Morgan fingerprint density at radius 3 is 2.20 bits per heavy atom. The van der Waals surface area contributed by atoms with Crippen LogP contribution in [-0.2, 0) is 14.3 Å². The summed E-state index contributed by atoms with van der Waals surface area (Å²) < 4.78 is 10.9. The number of imide groups is 1. The van der Waals surface area contributed by atoms with Crippen LogP contribution in [0.15, 0.2) is 89.6 Å². The molecule has 0 aromatic heterocycles. The third-order valence-corrected chi connectivity index (χ3v) is 5.57. The summed E-state index contributed by atoms with van der Waals surface area (Å²) in [6.07, 6.45) is 1.70. The minimum absolute atomic E-state index is 0.0311. The molecule has 0 unspecified atom stereocenters. The summed E-state index contributed by atoms with van der Waals surface area (Å²) in [6, 6.07) is 22.3. The smallest absolute Gasteiger partial charge is 0.338 e. The first-order valence-electron chi connectivity index (χ1n) is 11.1. The van der Waals surface area contributed by atoms with Gasteiger partial charge in [-0.3, -0.25) is 9.59 Å². The van der Waals surface area contributed by atoms with Crippen LogP contribution in [0.4, 0.5) is 11.4 Å². The normalized spacial score (nSPS) is 13.3. The van der Waals surface area contributed by atoms with Gasteiger partial charge in [0.1, 0.15) is 22.2 Å². The predicted octanol–water partition coefficient (Wildman–Crippen LogP) is 5.87. The van der Waals surface area contributed by atoms with Gasteiger partial charge in [0.2, 0.25) is 0 Å². The zero-order valence-electron chi connectivity index (χ0n) is 19.0. The molecular formula is C27H23ClN2O5. The first-order chi connectivity index (χ1) is 17.0. The van der Waals surface area contributed by atoms with Gasteiger partial charge in [-0.25, -0.2) is 9.69 Å². The van der Waals surface area contributed by atoms with Crippen molar-refractivity contribution in [1.82, 2.24) is 0 Å². The fraction of sp³-hybridized carbons (Fsp3) is 0.148. The zero-order chi connectivity index (χ0) is 24.8. The van der Waals surface area contributed by atoms with Crippen molar-refractivity contribution in [2.75, 3.05) is 16.8 Å². The van der Waals surface area contributed by atoms with E-state index in [2.05, 4.69) is 5.32 Å². The summed E-state index contributed by atoms with van der Waals surface area (Å²) in [6.45, 7) is 2.35. The molecule has 0 saturated heterocycles. The number of hydrogen-bond donors (Lipinski definition) is 1. The van der Waals surface area contributed by atoms with Crippen LogP contribution in [0, 0.1) is 0 Å². The van der Waals surface area contributed by atoms with Crippen LogP contribution in [0.1, 0.15) is 30.1 Å². The van der Waals surface area contributed by atoms with Gasteiger partial charge in [-0.1, -0.05) is 43.1 Å². The Kier molecular flexibility index (Phi) is 7.48. The molecule has 3 aromatic rings. The summed E-state index contributed by atoms with van der Waals surface area (Å²) in [7, 11) is 0. The molecule has 1 aliphatic heterocycles. The Balaban J connectivity index is 1.43. The molecule has 0 saturated carbocycles. The molecule has 1 N–H and O–H groups in total. The highest BCUT2D eigenvalue weighted by Crippen LogP contribution is 2.31. The minimum atomic E-state index is -0.651. The standard InChI is InChI=1S/C27H23ClN2O5/c1-2-3-17-34-27(33)18-9-13-20(14-10-18)30-25(31)23(28)24(26(30)32)29-19-11-15-22(16-12-19)35-21-7-5-4-6-8-21/h4-16,29H,2-3,17H2,1H3. The van der Waals surface area contributed by atoms with E-state index in [1.165, 1.54) is 24.3 Å². The summed E-state index contributed by atoms with van der Waals surface area (Å²) in [4.78, 5) is 38.8. The zero-order valence-corrected chi connectivity index (χ0v) is 19.7. The first kappa shape index (κ1) is 24.0. The van der Waals surface area contributed by atoms with Gasteiger partial charge in [0.15, 0.2) is 0 Å². The fourth-order valence-corrected chi connectivity index (χ4v) is 3.57. The van der Waals surface area contributed by atoms with Crippen LogP contribution < -0.4 is 15.0 Å². The van der Waals surface area contributed by atoms with E-state index in [4.69, 9.17) is 21.1 Å². The van der Waals surface area contributed by atoms with Gasteiger partial charge in [0, 0.05) is 5.69 Å². The van der Waals surface area contributed by atoms with Gasteiger partial charge < -0.3 is 14.8 Å². The Morgan fingerprint density at radius 2 is 1.54 bits per heavy atom. The lowest BCUT2D eigenvalue weighted by Crippen LogP contribution is -2.32. The molecule has 0 bridgehead atoms. The average Bonchev–Trinajstić information content (AvgIpc) is 3.09. The fourth-order valence-electron chi connectivity index (χ4n) is 3.36. The van der Waals surface area contributed by atoms with E-state index in [1.54, 1.807) is 24.3 Å². The number of anilines is 2. The van der Waals surface area contributed by atoms with E-state index in [9.17, 15) is 14.4 Å². The Hall–Kier alpha value is -4.10. The highest BCUT2D eigenvalue weighted by molar-refractivity contribution is 6.53. The van der Waals surface area contributed by atoms with Crippen LogP contribution in [0.3, 0.4) is 0 Å². The number of nitrogens with zero attached hydrogens (tertiary/aromatic N) is 1. The van der Waals surface area contributed by atoms with Crippen molar-refractivity contribution in [2.45, 2.75) is 19.8 Å². The number of unbranched alkanes of at least 4 members (excludes halogenated alkanes) is 1. The van der Waals surface area contributed by atoms with Gasteiger partial charge in [-0.2, -0.15) is 0 Å². The van der Waals surface area contributed by atoms with Crippen molar-refractivity contribution in [1.29, 1.82) is 0 Å². The molecule has 35 heavy (non-hydrogen) atoms. The number of rotatable bonds is 9. The largest absolute Gasteiger partial charge is 0.462 e. The number of hydrogen-bond acceptors (Lipinski definition) is 6. The lowest BCUT2D eigenvalue weighted by atomic mass is 10.2. The van der Waals surface area contributed by atoms with Crippen molar-refractivity contribution in [3.8, 4) is 11.5 Å². The molecular weight excluding hydrogens is 468 g/mol. The van der Waals surface area contributed by atoms with Crippen LogP contribution >= 0.6 is 11.6 Å². The molecule has 3 aromatic carbocycles. The molecule has 4 rings (SSSR count). The SMILES string of the molecule is CCCCOC(=O)c1ccc(N2C(=O)C(Cl)=C(Nc3ccc(Oc4ccccc4)cc3)C2=O)cc1. The van der Waals surface area contributed by atoms with E-state index in [-0.39, 0.29) is 10.7 Å². The van der Waals surface area contributed by atoms with E-state index < -0.39 is 17.8 Å². The summed E-state index contributed by atoms with van der Waals surface area (Å²) in [5.41, 5.74) is 1.16. The first-order valence-corrected chi connectivity index (χ1v) is 11.5. The van der Waals surface area contributed by atoms with Crippen molar-refractivity contribution in [3.63, 3.8) is 0 Å². The van der Waals surface area contributed by atoms with Crippen LogP contribution in [-0.4, -0.2) is 24.4 Å². The molecule has 1 heterocycles. The Labute approximate surface area is 207 Å². The minimum Gasteiger partial charge on any atom is -0.462 e. The van der Waals surface area contributed by atoms with E-state index in [1.807, 2.05) is 37.3 Å². The van der Waals surface area contributed by atoms with Gasteiger partial charge in [0.25, 0.3) is 11.8 Å². The van der Waals surface area contributed by atoms with Crippen LogP contribution in [0.2, 0.25) is 0 Å². The summed E-state index contributed by atoms with van der Waals surface area (Å²) in [5.74, 6) is -0.386. The number of carbonyl (C=O) groups is 3. The second-order valence-electron chi connectivity index (χ2n) is 7.74. The monoisotopic (exact) mass is 490 g/mol. The molecule has 2 amide bonds. The highest BCUT2D eigenvalue weighted by Gasteiger charge is 2.39. The second kappa shape index (κ2) is 10.9. The van der Waals surface area contributed by atoms with E-state index >= 15 is 0 Å². The number of ether oxygens (including phenoxy) is 2. The number of esters is 1. The summed E-state index contributed by atoms with van der Waals surface area (Å²) >= 11 is 6.22. The van der Waals surface area contributed by atoms with Crippen LogP contribution in [0.5, 0.6) is 11.5 Å². The molecule has 7 nitrogen and oxygen atoms in total. The number of carbonyl (C=O) groups excluding carboxylic acids is 3. The van der Waals surface area contributed by atoms with Crippen LogP contribution in [0.25, 0.3) is 0 Å². The van der Waals surface area contributed by atoms with Crippen molar-refractivity contribution in [2.24, 2.45) is 0 Å². The molecule has 0 atom stereocenters. The van der Waals surface area contributed by atoms with Gasteiger partial charge in [-0.15, -0.1) is 0 Å². The van der Waals surface area contributed by atoms with Crippen molar-refractivity contribution >= 4 is 40.8 Å². The molecule has 0 spiro atoms. The van der Waals surface area contributed by atoms with Gasteiger partial charge in [-0.05, 0) is 67.1 Å². The number of nitrogens with one attached hydrogen (secondary N) is 1. The van der Waals surface area contributed by atoms with Gasteiger partial charge >= 0.3 is 5.97 Å². The maximum atomic E-state index is 13.0. The highest BCUT2D eigenvalue weighted by atomic mass is 35.5. The lowest BCUT2D eigenvalue weighted by molar-refractivity contribution is -0.120. The molecule has 0 aliphatic carbocycles.